The minimum absolute atomic E-state index is 0.287. The van der Waals surface area contributed by atoms with Gasteiger partial charge in [0, 0.05) is 30.2 Å². The third-order valence-electron chi connectivity index (χ3n) is 5.10. The number of likely N-dealkylation sites (N-methyl/N-ethyl adjacent to an activating group) is 1. The van der Waals surface area contributed by atoms with Crippen LogP contribution in [0.25, 0.3) is 0 Å². The third kappa shape index (κ3) is 2.82. The molecule has 1 aliphatic carbocycles. The summed E-state index contributed by atoms with van der Waals surface area (Å²) >= 11 is 6.26. The van der Waals surface area contributed by atoms with Gasteiger partial charge in [0.1, 0.15) is 0 Å². The van der Waals surface area contributed by atoms with Crippen molar-refractivity contribution in [2.45, 2.75) is 25.2 Å². The molecular weight excluding hydrogens is 304 g/mol. The van der Waals surface area contributed by atoms with Crippen LogP contribution in [0.1, 0.15) is 34.7 Å². The summed E-state index contributed by atoms with van der Waals surface area (Å²) in [5.41, 5.74) is 6.89. The molecule has 1 atom stereocenters. The molecule has 1 aliphatic heterocycles. The second-order valence-corrected chi connectivity index (χ2v) is 7.05. The molecule has 0 spiro atoms. The smallest absolute Gasteiger partial charge is 0.0551 e. The fourth-order valence-corrected chi connectivity index (χ4v) is 4.03. The summed E-state index contributed by atoms with van der Waals surface area (Å²) in [5.74, 6) is 0.287. The minimum atomic E-state index is 0.287. The highest BCUT2D eigenvalue weighted by Crippen LogP contribution is 2.40. The molecule has 0 saturated carbocycles. The molecule has 0 fully saturated rings. The number of benzene rings is 1. The Hall–Kier alpha value is -1.64. The van der Waals surface area contributed by atoms with E-state index in [1.165, 1.54) is 28.0 Å². The molecule has 0 saturated heterocycles. The molecule has 1 aromatic heterocycles. The van der Waals surface area contributed by atoms with Gasteiger partial charge in [0.05, 0.1) is 5.69 Å². The normalized spacial score (nSPS) is 21.1. The third-order valence-corrected chi connectivity index (χ3v) is 5.33. The number of aryl methyl sites for hydroxylation is 2. The molecule has 0 amide bonds. The molecule has 23 heavy (non-hydrogen) atoms. The van der Waals surface area contributed by atoms with Crippen LogP contribution < -0.4 is 0 Å². The Bertz CT molecular complexity index is 766. The first kappa shape index (κ1) is 14.9. The number of rotatable bonds is 1. The van der Waals surface area contributed by atoms with E-state index in [0.717, 1.165) is 37.4 Å². The zero-order valence-electron chi connectivity index (χ0n) is 13.4. The molecular formula is C20H21ClN2. The predicted octanol–water partition coefficient (Wildman–Crippen LogP) is 4.23. The second-order valence-electron chi connectivity index (χ2n) is 6.62. The van der Waals surface area contributed by atoms with Crippen molar-refractivity contribution in [3.8, 4) is 0 Å². The molecule has 1 aromatic carbocycles. The summed E-state index contributed by atoms with van der Waals surface area (Å²) in [4.78, 5) is 7.15. The van der Waals surface area contributed by atoms with Gasteiger partial charge < -0.3 is 4.90 Å². The van der Waals surface area contributed by atoms with Crippen LogP contribution in [-0.2, 0) is 12.8 Å². The minimum Gasteiger partial charge on any atom is -0.302 e. The number of fused-ring (bicyclic) bond motifs is 2. The van der Waals surface area contributed by atoms with Gasteiger partial charge in [-0.1, -0.05) is 35.4 Å². The Morgan fingerprint density at radius 2 is 2.00 bits per heavy atom. The van der Waals surface area contributed by atoms with Crippen molar-refractivity contribution in [2.75, 3.05) is 20.1 Å². The van der Waals surface area contributed by atoms with E-state index in [-0.39, 0.29) is 5.92 Å². The average Bonchev–Trinajstić information content (AvgIpc) is 2.72. The Kier molecular flexibility index (Phi) is 3.96. The highest BCUT2D eigenvalue weighted by Gasteiger charge is 2.28. The highest BCUT2D eigenvalue weighted by molar-refractivity contribution is 6.30. The van der Waals surface area contributed by atoms with Crippen molar-refractivity contribution < 1.29 is 0 Å². The Balaban J connectivity index is 1.88. The lowest BCUT2D eigenvalue weighted by Gasteiger charge is -2.28. The van der Waals surface area contributed by atoms with E-state index in [1.54, 1.807) is 0 Å². The fraction of sp³-hybridized carbons (Fsp3) is 0.350. The van der Waals surface area contributed by atoms with E-state index in [1.807, 2.05) is 12.3 Å². The number of hydrogen-bond donors (Lipinski definition) is 0. The van der Waals surface area contributed by atoms with E-state index in [2.05, 4.69) is 42.3 Å². The van der Waals surface area contributed by atoms with Crippen LogP contribution in [0, 0.1) is 0 Å². The van der Waals surface area contributed by atoms with Gasteiger partial charge in [0.2, 0.25) is 0 Å². The number of nitrogens with zero attached hydrogens (tertiary/aromatic N) is 2. The Morgan fingerprint density at radius 3 is 2.83 bits per heavy atom. The van der Waals surface area contributed by atoms with E-state index < -0.39 is 0 Å². The molecule has 118 valence electrons. The summed E-state index contributed by atoms with van der Waals surface area (Å²) < 4.78 is 0. The zero-order chi connectivity index (χ0) is 15.8. The molecule has 0 radical (unpaired) electrons. The Labute approximate surface area is 142 Å². The number of aromatic nitrogens is 1. The van der Waals surface area contributed by atoms with Crippen LogP contribution in [0.3, 0.4) is 0 Å². The maximum absolute atomic E-state index is 6.26. The van der Waals surface area contributed by atoms with Crippen molar-refractivity contribution in [1.29, 1.82) is 0 Å². The van der Waals surface area contributed by atoms with Gasteiger partial charge in [-0.15, -0.1) is 0 Å². The number of pyridine rings is 1. The summed E-state index contributed by atoms with van der Waals surface area (Å²) in [5, 5.41) is 0.832. The van der Waals surface area contributed by atoms with Crippen molar-refractivity contribution >= 4 is 11.6 Å². The van der Waals surface area contributed by atoms with Gasteiger partial charge in [-0.3, -0.25) is 4.98 Å². The van der Waals surface area contributed by atoms with E-state index in [0.29, 0.717) is 0 Å². The molecule has 0 bridgehead atoms. The van der Waals surface area contributed by atoms with Gasteiger partial charge in [-0.05, 0) is 61.2 Å². The van der Waals surface area contributed by atoms with Gasteiger partial charge >= 0.3 is 0 Å². The molecule has 4 rings (SSSR count). The van der Waals surface area contributed by atoms with Crippen molar-refractivity contribution in [3.63, 3.8) is 0 Å². The van der Waals surface area contributed by atoms with Crippen LogP contribution in [0.5, 0.6) is 0 Å². The number of hydrogen-bond acceptors (Lipinski definition) is 2. The topological polar surface area (TPSA) is 16.1 Å². The van der Waals surface area contributed by atoms with Crippen molar-refractivity contribution in [1.82, 2.24) is 9.88 Å². The molecule has 0 unspecified atom stereocenters. The van der Waals surface area contributed by atoms with Crippen LogP contribution >= 0.6 is 11.6 Å². The predicted molar refractivity (Wildman–Crippen MR) is 95.1 cm³/mol. The first-order chi connectivity index (χ1) is 11.2. The SMILES string of the molecule is CN1CC=C([C@H]2c3ccc(Cl)cc3CCc3cccnc32)CC1. The molecule has 0 N–H and O–H groups in total. The lowest BCUT2D eigenvalue weighted by atomic mass is 9.82. The first-order valence-electron chi connectivity index (χ1n) is 8.32. The summed E-state index contributed by atoms with van der Waals surface area (Å²) in [7, 11) is 2.18. The Morgan fingerprint density at radius 1 is 1.13 bits per heavy atom. The van der Waals surface area contributed by atoms with E-state index >= 15 is 0 Å². The lowest BCUT2D eigenvalue weighted by molar-refractivity contribution is 0.355. The maximum atomic E-state index is 6.26. The highest BCUT2D eigenvalue weighted by atomic mass is 35.5. The van der Waals surface area contributed by atoms with Crippen LogP contribution in [0.4, 0.5) is 0 Å². The van der Waals surface area contributed by atoms with E-state index in [9.17, 15) is 0 Å². The first-order valence-corrected chi connectivity index (χ1v) is 8.70. The molecule has 3 heteroatoms. The van der Waals surface area contributed by atoms with Gasteiger partial charge in [0.15, 0.2) is 0 Å². The molecule has 2 nitrogen and oxygen atoms in total. The van der Waals surface area contributed by atoms with E-state index in [4.69, 9.17) is 16.6 Å². The van der Waals surface area contributed by atoms with Gasteiger partial charge in [0.25, 0.3) is 0 Å². The van der Waals surface area contributed by atoms with Crippen LogP contribution in [0.15, 0.2) is 48.2 Å². The summed E-state index contributed by atoms with van der Waals surface area (Å²) in [6, 6.07) is 10.7. The van der Waals surface area contributed by atoms with Crippen molar-refractivity contribution in [2.24, 2.45) is 0 Å². The summed E-state index contributed by atoms with van der Waals surface area (Å²) in [6.07, 6.45) is 7.52. The average molecular weight is 325 g/mol. The fourth-order valence-electron chi connectivity index (χ4n) is 3.84. The quantitative estimate of drug-likeness (QED) is 0.730. The van der Waals surface area contributed by atoms with Gasteiger partial charge in [-0.2, -0.15) is 0 Å². The summed E-state index contributed by atoms with van der Waals surface area (Å²) in [6.45, 7) is 2.14. The molecule has 2 heterocycles. The largest absolute Gasteiger partial charge is 0.302 e. The standard InChI is InChI=1S/C20H21ClN2/c1-23-11-8-14(9-12-23)19-18-7-6-17(21)13-16(18)5-4-15-3-2-10-22-20(15)19/h2-3,6-8,10,13,19H,4-5,9,11-12H2,1H3/t19-/m0/s1. The molecule has 2 aliphatic rings. The second kappa shape index (κ2) is 6.10. The van der Waals surface area contributed by atoms with Crippen LogP contribution in [-0.4, -0.2) is 30.0 Å². The van der Waals surface area contributed by atoms with Crippen LogP contribution in [0.2, 0.25) is 5.02 Å². The maximum Gasteiger partial charge on any atom is 0.0551 e. The van der Waals surface area contributed by atoms with Gasteiger partial charge in [-0.25, -0.2) is 0 Å². The number of halogens is 1. The van der Waals surface area contributed by atoms with Crippen molar-refractivity contribution in [3.05, 3.63) is 75.6 Å². The lowest BCUT2D eigenvalue weighted by Crippen LogP contribution is -2.26. The monoisotopic (exact) mass is 324 g/mol. The zero-order valence-corrected chi connectivity index (χ0v) is 14.2. The molecule has 2 aromatic rings.